The van der Waals surface area contributed by atoms with Gasteiger partial charge in [-0.2, -0.15) is 0 Å². The zero-order valence-corrected chi connectivity index (χ0v) is 9.17. The Hall–Kier alpha value is -1.32. The lowest BCUT2D eigenvalue weighted by atomic mass is 9.98. The summed E-state index contributed by atoms with van der Waals surface area (Å²) in [5, 5.41) is 0. The smallest absolute Gasteiger partial charge is 0.337 e. The van der Waals surface area contributed by atoms with Gasteiger partial charge >= 0.3 is 11.9 Å². The molecule has 0 atom stereocenters. The molecule has 0 fully saturated rings. The van der Waals surface area contributed by atoms with Crippen LogP contribution in [0.1, 0.15) is 39.5 Å². The van der Waals surface area contributed by atoms with Gasteiger partial charge in [0.25, 0.3) is 0 Å². The number of rotatable bonds is 3. The van der Waals surface area contributed by atoms with Gasteiger partial charge in [-0.05, 0) is 26.2 Å². The molecular weight excluding hydrogens is 196 g/mol. The predicted octanol–water partition coefficient (Wildman–Crippen LogP) is 1.94. The van der Waals surface area contributed by atoms with Crippen molar-refractivity contribution in [3.63, 3.8) is 0 Å². The van der Waals surface area contributed by atoms with Crippen LogP contribution in [0.3, 0.4) is 0 Å². The highest BCUT2D eigenvalue weighted by molar-refractivity contribution is 5.89. The van der Waals surface area contributed by atoms with Crippen LogP contribution >= 0.6 is 0 Å². The second kappa shape index (κ2) is 5.53. The summed E-state index contributed by atoms with van der Waals surface area (Å²) in [7, 11) is 0. The molecule has 0 bridgehead atoms. The summed E-state index contributed by atoms with van der Waals surface area (Å²) < 4.78 is 9.92. The Labute approximate surface area is 89.2 Å². The second-order valence-electron chi connectivity index (χ2n) is 3.42. The topological polar surface area (TPSA) is 52.6 Å². The van der Waals surface area contributed by atoms with Gasteiger partial charge in [-0.3, -0.25) is 4.79 Å². The number of allylic oxidation sites excluding steroid dienone is 1. The summed E-state index contributed by atoms with van der Waals surface area (Å²) in [5.41, 5.74) is 0.526. The number of carbonyl (C=O) groups is 2. The van der Waals surface area contributed by atoms with Gasteiger partial charge in [-0.1, -0.05) is 0 Å². The molecule has 4 nitrogen and oxygen atoms in total. The Kier molecular flexibility index (Phi) is 4.34. The van der Waals surface area contributed by atoms with Gasteiger partial charge in [-0.15, -0.1) is 0 Å². The fourth-order valence-electron chi connectivity index (χ4n) is 1.60. The minimum atomic E-state index is -0.381. The van der Waals surface area contributed by atoms with Crippen molar-refractivity contribution in [3.05, 3.63) is 11.3 Å². The van der Waals surface area contributed by atoms with E-state index in [2.05, 4.69) is 0 Å². The summed E-state index contributed by atoms with van der Waals surface area (Å²) in [4.78, 5) is 22.3. The molecule has 1 aliphatic carbocycles. The van der Waals surface area contributed by atoms with E-state index in [9.17, 15) is 9.59 Å². The van der Waals surface area contributed by atoms with Crippen molar-refractivity contribution in [1.82, 2.24) is 0 Å². The summed E-state index contributed by atoms with van der Waals surface area (Å²) in [6.07, 6.45) is 3.18. The van der Waals surface area contributed by atoms with Crippen LogP contribution in [0.4, 0.5) is 0 Å². The first-order valence-electron chi connectivity index (χ1n) is 5.22. The molecule has 15 heavy (non-hydrogen) atoms. The summed E-state index contributed by atoms with van der Waals surface area (Å²) >= 11 is 0. The highest BCUT2D eigenvalue weighted by atomic mass is 16.5. The third-order valence-corrected chi connectivity index (χ3v) is 2.21. The number of hydrogen-bond acceptors (Lipinski definition) is 4. The van der Waals surface area contributed by atoms with Crippen molar-refractivity contribution in [2.75, 3.05) is 6.61 Å². The van der Waals surface area contributed by atoms with Crippen LogP contribution in [-0.2, 0) is 19.1 Å². The fraction of sp³-hybridized carbons (Fsp3) is 0.636. The van der Waals surface area contributed by atoms with Gasteiger partial charge in [0.15, 0.2) is 0 Å². The second-order valence-corrected chi connectivity index (χ2v) is 3.42. The Balaban J connectivity index is 2.80. The van der Waals surface area contributed by atoms with Crippen LogP contribution in [0.5, 0.6) is 0 Å². The predicted molar refractivity (Wildman–Crippen MR) is 53.9 cm³/mol. The number of hydrogen-bond donors (Lipinski definition) is 0. The lowest BCUT2D eigenvalue weighted by molar-refractivity contribution is -0.140. The Morgan fingerprint density at radius 1 is 1.27 bits per heavy atom. The third kappa shape index (κ3) is 3.38. The normalized spacial score (nSPS) is 16.1. The van der Waals surface area contributed by atoms with Gasteiger partial charge in [-0.25, -0.2) is 4.79 Å². The van der Waals surface area contributed by atoms with E-state index >= 15 is 0 Å². The molecule has 1 aliphatic rings. The average Bonchev–Trinajstić information content (AvgIpc) is 2.18. The van der Waals surface area contributed by atoms with Crippen LogP contribution in [0.25, 0.3) is 0 Å². The first-order chi connectivity index (χ1) is 7.15. The third-order valence-electron chi connectivity index (χ3n) is 2.21. The molecular formula is C11H16O4. The van der Waals surface area contributed by atoms with Crippen LogP contribution < -0.4 is 0 Å². The lowest BCUT2D eigenvalue weighted by Crippen LogP contribution is -2.15. The van der Waals surface area contributed by atoms with Gasteiger partial charge < -0.3 is 9.47 Å². The molecule has 0 aliphatic heterocycles. The first-order valence-corrected chi connectivity index (χ1v) is 5.22. The van der Waals surface area contributed by atoms with Crippen molar-refractivity contribution in [2.24, 2.45) is 0 Å². The van der Waals surface area contributed by atoms with Crippen LogP contribution in [0.2, 0.25) is 0 Å². The monoisotopic (exact) mass is 212 g/mol. The minimum Gasteiger partial charge on any atom is -0.463 e. The van der Waals surface area contributed by atoms with Gasteiger partial charge in [0.2, 0.25) is 0 Å². The molecule has 84 valence electrons. The molecule has 0 radical (unpaired) electrons. The van der Waals surface area contributed by atoms with Crippen molar-refractivity contribution in [2.45, 2.75) is 39.5 Å². The van der Waals surface area contributed by atoms with Crippen molar-refractivity contribution < 1.29 is 19.1 Å². The highest BCUT2D eigenvalue weighted by Crippen LogP contribution is 2.26. The van der Waals surface area contributed by atoms with E-state index in [0.717, 1.165) is 12.8 Å². The van der Waals surface area contributed by atoms with Crippen molar-refractivity contribution in [1.29, 1.82) is 0 Å². The standard InChI is InChI=1S/C11H16O4/c1-3-14-11(13)9-6-4-5-7-10(9)15-8(2)12/h3-7H2,1-2H3. The minimum absolute atomic E-state index is 0.343. The van der Waals surface area contributed by atoms with E-state index in [1.54, 1.807) is 6.92 Å². The van der Waals surface area contributed by atoms with E-state index in [1.807, 2.05) is 0 Å². The van der Waals surface area contributed by atoms with E-state index in [-0.39, 0.29) is 11.9 Å². The molecule has 0 heterocycles. The van der Waals surface area contributed by atoms with E-state index in [0.29, 0.717) is 30.8 Å². The summed E-state index contributed by atoms with van der Waals surface area (Å²) in [5.74, 6) is -0.241. The van der Waals surface area contributed by atoms with Gasteiger partial charge in [0.05, 0.1) is 12.2 Å². The number of ether oxygens (including phenoxy) is 2. The highest BCUT2D eigenvalue weighted by Gasteiger charge is 2.22. The summed E-state index contributed by atoms with van der Waals surface area (Å²) in [6, 6.07) is 0. The van der Waals surface area contributed by atoms with E-state index in [4.69, 9.17) is 9.47 Å². The lowest BCUT2D eigenvalue weighted by Gasteiger charge is -2.17. The van der Waals surface area contributed by atoms with Crippen LogP contribution in [-0.4, -0.2) is 18.5 Å². The van der Waals surface area contributed by atoms with E-state index in [1.165, 1.54) is 6.92 Å². The average molecular weight is 212 g/mol. The Morgan fingerprint density at radius 2 is 1.93 bits per heavy atom. The fourth-order valence-corrected chi connectivity index (χ4v) is 1.60. The van der Waals surface area contributed by atoms with E-state index < -0.39 is 0 Å². The summed E-state index contributed by atoms with van der Waals surface area (Å²) in [6.45, 7) is 3.44. The van der Waals surface area contributed by atoms with Crippen LogP contribution in [0.15, 0.2) is 11.3 Å². The maximum Gasteiger partial charge on any atom is 0.337 e. The molecule has 0 saturated heterocycles. The Morgan fingerprint density at radius 3 is 2.53 bits per heavy atom. The molecule has 0 aromatic heterocycles. The number of carbonyl (C=O) groups excluding carboxylic acids is 2. The largest absolute Gasteiger partial charge is 0.463 e. The molecule has 0 N–H and O–H groups in total. The maximum absolute atomic E-state index is 11.5. The molecule has 1 rings (SSSR count). The maximum atomic E-state index is 11.5. The van der Waals surface area contributed by atoms with Crippen LogP contribution in [0, 0.1) is 0 Å². The van der Waals surface area contributed by atoms with Crippen molar-refractivity contribution in [3.8, 4) is 0 Å². The molecule has 0 aromatic rings. The molecule has 0 saturated carbocycles. The Bertz CT molecular complexity index is 291. The van der Waals surface area contributed by atoms with Gasteiger partial charge in [0, 0.05) is 13.3 Å². The zero-order valence-electron chi connectivity index (χ0n) is 9.17. The zero-order chi connectivity index (χ0) is 11.3. The number of esters is 2. The quantitative estimate of drug-likeness (QED) is 0.671. The molecule has 0 spiro atoms. The molecule has 4 heteroatoms. The molecule has 0 aromatic carbocycles. The SMILES string of the molecule is CCOC(=O)C1=C(OC(C)=O)CCCC1. The first kappa shape index (κ1) is 11.8. The molecule has 0 unspecified atom stereocenters. The van der Waals surface area contributed by atoms with Gasteiger partial charge in [0.1, 0.15) is 5.76 Å². The van der Waals surface area contributed by atoms with Crippen molar-refractivity contribution >= 4 is 11.9 Å². The molecule has 0 amide bonds.